The van der Waals surface area contributed by atoms with Gasteiger partial charge in [-0.2, -0.15) is 0 Å². The summed E-state index contributed by atoms with van der Waals surface area (Å²) in [5.74, 6) is 0.623. The molecule has 2 N–H and O–H groups in total. The maximum atomic E-state index is 12.1. The highest BCUT2D eigenvalue weighted by atomic mass is 16.1. The SMILES string of the molecule is CCc1c(C)[nH]n2c(=O)cc(-c3ncc(C)[nH]3)nc12. The Morgan fingerprint density at radius 2 is 2.16 bits per heavy atom. The zero-order chi connectivity index (χ0) is 13.6. The van der Waals surface area contributed by atoms with Crippen LogP contribution in [0.4, 0.5) is 0 Å². The Morgan fingerprint density at radius 3 is 2.79 bits per heavy atom. The predicted octanol–water partition coefficient (Wildman–Crippen LogP) is 1.59. The average molecular weight is 257 g/mol. The molecule has 0 amide bonds. The molecule has 6 nitrogen and oxygen atoms in total. The Balaban J connectivity index is 2.31. The fourth-order valence-electron chi connectivity index (χ4n) is 2.28. The second kappa shape index (κ2) is 4.08. The number of hydrogen-bond donors (Lipinski definition) is 2. The molecule has 0 aliphatic rings. The molecule has 0 aromatic carbocycles. The number of nitrogens with zero attached hydrogens (tertiary/aromatic N) is 3. The lowest BCUT2D eigenvalue weighted by molar-refractivity contribution is 0.881. The summed E-state index contributed by atoms with van der Waals surface area (Å²) in [5, 5.41) is 3.04. The maximum Gasteiger partial charge on any atom is 0.273 e. The van der Waals surface area contributed by atoms with E-state index >= 15 is 0 Å². The van der Waals surface area contributed by atoms with Crippen LogP contribution in [0.3, 0.4) is 0 Å². The third kappa shape index (κ3) is 1.76. The molecular weight excluding hydrogens is 242 g/mol. The number of imidazole rings is 1. The van der Waals surface area contributed by atoms with Gasteiger partial charge in [0, 0.05) is 29.2 Å². The van der Waals surface area contributed by atoms with Crippen LogP contribution >= 0.6 is 0 Å². The molecule has 0 aliphatic carbocycles. The zero-order valence-corrected chi connectivity index (χ0v) is 11.1. The van der Waals surface area contributed by atoms with Crippen molar-refractivity contribution < 1.29 is 0 Å². The van der Waals surface area contributed by atoms with Gasteiger partial charge in [0.25, 0.3) is 5.56 Å². The molecule has 98 valence electrons. The van der Waals surface area contributed by atoms with Crippen LogP contribution in [0.25, 0.3) is 17.2 Å². The number of fused-ring (bicyclic) bond motifs is 1. The summed E-state index contributed by atoms with van der Waals surface area (Å²) in [7, 11) is 0. The fraction of sp³-hybridized carbons (Fsp3) is 0.308. The van der Waals surface area contributed by atoms with E-state index in [0.717, 1.165) is 23.4 Å². The molecule has 0 unspecified atom stereocenters. The monoisotopic (exact) mass is 257 g/mol. The van der Waals surface area contributed by atoms with Crippen LogP contribution in [0.1, 0.15) is 23.9 Å². The van der Waals surface area contributed by atoms with E-state index in [1.165, 1.54) is 10.6 Å². The molecule has 0 radical (unpaired) electrons. The van der Waals surface area contributed by atoms with Crippen LogP contribution in [-0.4, -0.2) is 24.6 Å². The van der Waals surface area contributed by atoms with Crippen molar-refractivity contribution in [3.63, 3.8) is 0 Å². The molecule has 3 heterocycles. The van der Waals surface area contributed by atoms with Gasteiger partial charge in [0.15, 0.2) is 11.5 Å². The second-order valence-corrected chi connectivity index (χ2v) is 4.62. The first kappa shape index (κ1) is 11.7. The summed E-state index contributed by atoms with van der Waals surface area (Å²) < 4.78 is 1.48. The number of aromatic nitrogens is 5. The molecule has 19 heavy (non-hydrogen) atoms. The highest BCUT2D eigenvalue weighted by Gasteiger charge is 2.13. The quantitative estimate of drug-likeness (QED) is 0.731. The first-order chi connectivity index (χ1) is 9.10. The van der Waals surface area contributed by atoms with E-state index < -0.39 is 0 Å². The van der Waals surface area contributed by atoms with Crippen molar-refractivity contribution >= 4 is 5.65 Å². The number of hydrogen-bond acceptors (Lipinski definition) is 3. The van der Waals surface area contributed by atoms with E-state index in [4.69, 9.17) is 0 Å². The number of nitrogens with one attached hydrogen (secondary N) is 2. The van der Waals surface area contributed by atoms with Gasteiger partial charge in [0.1, 0.15) is 5.69 Å². The summed E-state index contributed by atoms with van der Waals surface area (Å²) in [6.45, 7) is 5.91. The molecule has 0 fully saturated rings. The predicted molar refractivity (Wildman–Crippen MR) is 72.2 cm³/mol. The number of rotatable bonds is 2. The largest absolute Gasteiger partial charge is 0.341 e. The van der Waals surface area contributed by atoms with E-state index in [1.807, 2.05) is 20.8 Å². The Labute approximate surface area is 109 Å². The molecule has 0 aliphatic heterocycles. The van der Waals surface area contributed by atoms with Gasteiger partial charge in [0.05, 0.1) is 0 Å². The van der Waals surface area contributed by atoms with Crippen molar-refractivity contribution in [2.45, 2.75) is 27.2 Å². The topological polar surface area (TPSA) is 78.8 Å². The minimum absolute atomic E-state index is 0.128. The van der Waals surface area contributed by atoms with Gasteiger partial charge in [-0.3, -0.25) is 9.89 Å². The number of aryl methyl sites for hydroxylation is 3. The van der Waals surface area contributed by atoms with Gasteiger partial charge in [0.2, 0.25) is 0 Å². The molecule has 0 saturated heterocycles. The molecular formula is C13H15N5O. The molecule has 3 aromatic heterocycles. The minimum atomic E-state index is -0.128. The lowest BCUT2D eigenvalue weighted by Gasteiger charge is -1.99. The summed E-state index contributed by atoms with van der Waals surface area (Å²) in [6.07, 6.45) is 2.55. The third-order valence-corrected chi connectivity index (χ3v) is 3.22. The number of aromatic amines is 2. The third-order valence-electron chi connectivity index (χ3n) is 3.22. The van der Waals surface area contributed by atoms with Crippen LogP contribution in [0.2, 0.25) is 0 Å². The fourth-order valence-corrected chi connectivity index (χ4v) is 2.28. The molecule has 0 atom stereocenters. The molecule has 0 spiro atoms. The Hall–Kier alpha value is -2.37. The zero-order valence-electron chi connectivity index (χ0n) is 11.1. The first-order valence-electron chi connectivity index (χ1n) is 6.23. The van der Waals surface area contributed by atoms with Gasteiger partial charge in [-0.1, -0.05) is 6.92 Å². The summed E-state index contributed by atoms with van der Waals surface area (Å²) in [5.41, 5.74) is 4.10. The molecule has 0 bridgehead atoms. The molecule has 0 saturated carbocycles. The maximum absolute atomic E-state index is 12.1. The second-order valence-electron chi connectivity index (χ2n) is 4.62. The van der Waals surface area contributed by atoms with Crippen molar-refractivity contribution in [1.29, 1.82) is 0 Å². The van der Waals surface area contributed by atoms with Crippen molar-refractivity contribution in [3.8, 4) is 11.5 Å². The normalized spacial score (nSPS) is 11.3. The highest BCUT2D eigenvalue weighted by molar-refractivity contribution is 5.58. The van der Waals surface area contributed by atoms with E-state index in [-0.39, 0.29) is 5.56 Å². The number of H-pyrrole nitrogens is 2. The van der Waals surface area contributed by atoms with Crippen LogP contribution in [0.5, 0.6) is 0 Å². The van der Waals surface area contributed by atoms with Crippen LogP contribution in [0, 0.1) is 13.8 Å². The Morgan fingerprint density at radius 1 is 1.37 bits per heavy atom. The Kier molecular flexibility index (Phi) is 2.51. The summed E-state index contributed by atoms with van der Waals surface area (Å²) in [6, 6.07) is 1.49. The summed E-state index contributed by atoms with van der Waals surface area (Å²) >= 11 is 0. The first-order valence-corrected chi connectivity index (χ1v) is 6.23. The van der Waals surface area contributed by atoms with Gasteiger partial charge in [-0.15, -0.1) is 0 Å². The van der Waals surface area contributed by atoms with Gasteiger partial charge in [-0.05, 0) is 20.3 Å². The Bertz CT molecular complexity index is 808. The van der Waals surface area contributed by atoms with Gasteiger partial charge in [-0.25, -0.2) is 14.5 Å². The average Bonchev–Trinajstić information content (AvgIpc) is 2.93. The van der Waals surface area contributed by atoms with Crippen LogP contribution in [-0.2, 0) is 6.42 Å². The lowest BCUT2D eigenvalue weighted by atomic mass is 10.2. The smallest absolute Gasteiger partial charge is 0.273 e. The lowest BCUT2D eigenvalue weighted by Crippen LogP contribution is -2.14. The highest BCUT2D eigenvalue weighted by Crippen LogP contribution is 2.16. The molecule has 3 aromatic rings. The summed E-state index contributed by atoms with van der Waals surface area (Å²) in [4.78, 5) is 24.0. The van der Waals surface area contributed by atoms with Crippen LogP contribution in [0.15, 0.2) is 17.1 Å². The van der Waals surface area contributed by atoms with E-state index in [0.29, 0.717) is 17.2 Å². The minimum Gasteiger partial charge on any atom is -0.341 e. The van der Waals surface area contributed by atoms with Crippen molar-refractivity contribution in [1.82, 2.24) is 24.6 Å². The molecule has 6 heteroatoms. The van der Waals surface area contributed by atoms with Gasteiger partial charge < -0.3 is 4.98 Å². The standard InChI is InChI=1S/C13H15N5O/c1-4-9-8(3)17-18-11(19)5-10(16-13(9)18)12-14-6-7(2)15-12/h5-6,17H,4H2,1-3H3,(H,14,15). The van der Waals surface area contributed by atoms with Crippen LogP contribution < -0.4 is 5.56 Å². The van der Waals surface area contributed by atoms with Crippen molar-refractivity contribution in [3.05, 3.63) is 39.6 Å². The van der Waals surface area contributed by atoms with Gasteiger partial charge >= 0.3 is 0 Å². The van der Waals surface area contributed by atoms with Crippen molar-refractivity contribution in [2.24, 2.45) is 0 Å². The van der Waals surface area contributed by atoms with E-state index in [1.54, 1.807) is 6.20 Å². The van der Waals surface area contributed by atoms with E-state index in [2.05, 4.69) is 20.1 Å². The molecule has 3 rings (SSSR count). The van der Waals surface area contributed by atoms with Crippen molar-refractivity contribution in [2.75, 3.05) is 0 Å². The van der Waals surface area contributed by atoms with E-state index in [9.17, 15) is 4.79 Å².